The first-order valence-corrected chi connectivity index (χ1v) is 11.2. The van der Waals surface area contributed by atoms with Gasteiger partial charge in [0.2, 0.25) is 11.5 Å². The van der Waals surface area contributed by atoms with Crippen molar-refractivity contribution >= 4 is 52.4 Å². The predicted molar refractivity (Wildman–Crippen MR) is 118 cm³/mol. The summed E-state index contributed by atoms with van der Waals surface area (Å²) < 4.78 is 11.9. The molecule has 0 spiro atoms. The molecular weight excluding hydrogens is 482 g/mol. The van der Waals surface area contributed by atoms with Gasteiger partial charge in [0, 0.05) is 23.5 Å². The summed E-state index contributed by atoms with van der Waals surface area (Å²) in [6.45, 7) is 0.253. The van der Waals surface area contributed by atoms with Crippen LogP contribution < -0.4 is 15.6 Å². The highest BCUT2D eigenvalue weighted by atomic mass is 32.2. The van der Waals surface area contributed by atoms with Crippen molar-refractivity contribution in [3.63, 3.8) is 0 Å². The summed E-state index contributed by atoms with van der Waals surface area (Å²) >= 11 is 1.34. The fraction of sp³-hybridized carbons (Fsp3) is 0.250. The number of fused-ring (bicyclic) bond motifs is 2. The number of aliphatic carboxylic acids is 1. The number of anilines is 1. The van der Waals surface area contributed by atoms with Crippen molar-refractivity contribution in [3.05, 3.63) is 47.8 Å². The number of hydrogen-bond acceptors (Lipinski definition) is 11. The summed E-state index contributed by atoms with van der Waals surface area (Å²) in [5, 5.41) is 19.0. The van der Waals surface area contributed by atoms with Gasteiger partial charge in [0.05, 0.1) is 6.26 Å². The first-order valence-electron chi connectivity index (χ1n) is 10.2. The van der Waals surface area contributed by atoms with E-state index in [9.17, 15) is 19.5 Å². The molecule has 2 amide bonds. The Labute approximate surface area is 200 Å². The second-order valence-electron chi connectivity index (χ2n) is 7.50. The van der Waals surface area contributed by atoms with E-state index < -0.39 is 29.2 Å². The van der Waals surface area contributed by atoms with Gasteiger partial charge in [-0.3, -0.25) is 14.5 Å². The van der Waals surface area contributed by atoms with E-state index in [4.69, 9.17) is 10.2 Å². The van der Waals surface area contributed by atoms with E-state index >= 15 is 0 Å². The van der Waals surface area contributed by atoms with E-state index in [1.54, 1.807) is 24.5 Å². The zero-order valence-electron chi connectivity index (χ0n) is 18.1. The molecule has 14 nitrogen and oxygen atoms in total. The second kappa shape index (κ2) is 8.75. The molecule has 35 heavy (non-hydrogen) atoms. The number of carbonyl (C=O) groups is 3. The van der Waals surface area contributed by atoms with Gasteiger partial charge < -0.3 is 29.9 Å². The van der Waals surface area contributed by atoms with Crippen LogP contribution in [0.2, 0.25) is 0 Å². The van der Waals surface area contributed by atoms with Gasteiger partial charge in [-0.2, -0.15) is 9.55 Å². The predicted octanol–water partition coefficient (Wildman–Crippen LogP) is -0.525. The Bertz CT molecular complexity index is 1410. The zero-order valence-corrected chi connectivity index (χ0v) is 18.9. The quantitative estimate of drug-likeness (QED) is 0.164. The number of rotatable bonds is 7. The van der Waals surface area contributed by atoms with E-state index in [0.717, 1.165) is 5.52 Å². The number of carboxylic acid groups (broad SMARTS) is 1. The smallest absolute Gasteiger partial charge is 0.352 e. The normalized spacial score (nSPS) is 20.0. The van der Waals surface area contributed by atoms with Gasteiger partial charge in [-0.25, -0.2) is 4.79 Å². The summed E-state index contributed by atoms with van der Waals surface area (Å²) in [4.78, 5) is 47.5. The monoisotopic (exact) mass is 500 g/mol. The number of nitrogen functional groups attached to an aromatic ring is 1. The van der Waals surface area contributed by atoms with E-state index in [1.165, 1.54) is 23.8 Å². The van der Waals surface area contributed by atoms with Crippen molar-refractivity contribution in [1.82, 2.24) is 20.4 Å². The number of oxime groups is 1. The van der Waals surface area contributed by atoms with Gasteiger partial charge in [-0.15, -0.1) is 11.8 Å². The highest BCUT2D eigenvalue weighted by Crippen LogP contribution is 2.40. The van der Waals surface area contributed by atoms with Crippen LogP contribution in [-0.4, -0.2) is 67.9 Å². The molecule has 4 N–H and O–H groups in total. The number of nitrogens with zero attached hydrogens (tertiary/aromatic N) is 5. The topological polar surface area (TPSA) is 190 Å². The molecule has 5 rings (SSSR count). The Morgan fingerprint density at radius 2 is 2.29 bits per heavy atom. The fourth-order valence-corrected chi connectivity index (χ4v) is 5.29. The fourth-order valence-electron chi connectivity index (χ4n) is 3.96. The van der Waals surface area contributed by atoms with Gasteiger partial charge in [-0.05, 0) is 6.07 Å². The number of amides is 2. The average Bonchev–Trinajstić information content (AvgIpc) is 3.49. The number of furan rings is 1. The molecular formula is C20H18N7O7S+. The number of hydrogen-bond donors (Lipinski definition) is 3. The highest BCUT2D eigenvalue weighted by Gasteiger charge is 2.55. The van der Waals surface area contributed by atoms with E-state index in [0.29, 0.717) is 16.9 Å². The second-order valence-corrected chi connectivity index (χ2v) is 8.61. The number of thioether (sulfide) groups is 1. The standard InChI is InChI=1S/C20H17N7O7S/c1-32-24-12(15-23-20(21)34-25-15)16(28)22-13-17(29)27-14(19(30)31)9(8-35-18(13)27)7-26-5-2-3-11-10(26)4-6-33-11/h2-6,13,18H,7-8H2,1H3,(H3-,21,22,23,25,28,30,31)/p+1/b24-12-/t13?,18-/m1/s1. The number of pyridine rings is 1. The summed E-state index contributed by atoms with van der Waals surface area (Å²) in [5.41, 5.74) is 6.96. The SMILES string of the molecule is CO/N=C(\C(=O)NC1C(=O)N2C(C(=O)O)=C(C[n+]3cccc4occc43)CS[C@H]12)c1noc(N)n1. The van der Waals surface area contributed by atoms with Crippen molar-refractivity contribution in [1.29, 1.82) is 0 Å². The molecule has 0 radical (unpaired) electrons. The van der Waals surface area contributed by atoms with Crippen molar-refractivity contribution in [2.75, 3.05) is 18.6 Å². The van der Waals surface area contributed by atoms with Crippen LogP contribution in [0.1, 0.15) is 5.82 Å². The molecule has 0 saturated carbocycles. The number of nitrogens with two attached hydrogens (primary N) is 1. The van der Waals surface area contributed by atoms with Crippen LogP contribution in [-0.2, 0) is 25.8 Å². The maximum atomic E-state index is 13.0. The molecule has 1 unspecified atom stereocenters. The highest BCUT2D eigenvalue weighted by molar-refractivity contribution is 8.00. The number of carbonyl (C=O) groups excluding carboxylic acids is 2. The minimum atomic E-state index is -1.23. The Morgan fingerprint density at radius 1 is 1.46 bits per heavy atom. The third-order valence-corrected chi connectivity index (χ3v) is 6.78. The first kappa shape index (κ1) is 22.4. The molecule has 5 heterocycles. The van der Waals surface area contributed by atoms with Crippen molar-refractivity contribution < 1.29 is 37.8 Å². The molecule has 3 aromatic heterocycles. The Balaban J connectivity index is 1.38. The van der Waals surface area contributed by atoms with Crippen molar-refractivity contribution in [2.24, 2.45) is 5.16 Å². The van der Waals surface area contributed by atoms with Crippen LogP contribution in [0.3, 0.4) is 0 Å². The van der Waals surface area contributed by atoms with Crippen LogP contribution in [0.15, 0.2) is 56.0 Å². The molecule has 1 fully saturated rings. The minimum absolute atomic E-state index is 0.103. The van der Waals surface area contributed by atoms with Crippen LogP contribution in [0.25, 0.3) is 11.1 Å². The summed E-state index contributed by atoms with van der Waals surface area (Å²) in [5.74, 6) is -2.49. The Kier molecular flexibility index (Phi) is 5.60. The average molecular weight is 500 g/mol. The number of β-lactam (4-membered cyclic amide) rings is 1. The Hall–Kier alpha value is -4.40. The molecule has 0 bridgehead atoms. The van der Waals surface area contributed by atoms with Crippen molar-refractivity contribution in [3.8, 4) is 0 Å². The summed E-state index contributed by atoms with van der Waals surface area (Å²) in [6.07, 6.45) is 3.36. The maximum absolute atomic E-state index is 13.0. The lowest BCUT2D eigenvalue weighted by Gasteiger charge is -2.49. The lowest BCUT2D eigenvalue weighted by molar-refractivity contribution is -0.663. The van der Waals surface area contributed by atoms with Crippen LogP contribution >= 0.6 is 11.8 Å². The van der Waals surface area contributed by atoms with Gasteiger partial charge >= 0.3 is 12.0 Å². The molecule has 2 aliphatic heterocycles. The number of carboxylic acids is 1. The lowest BCUT2D eigenvalue weighted by atomic mass is 10.0. The van der Waals surface area contributed by atoms with Gasteiger partial charge in [0.1, 0.15) is 24.2 Å². The Morgan fingerprint density at radius 3 is 3.00 bits per heavy atom. The number of aromatic nitrogens is 3. The van der Waals surface area contributed by atoms with E-state index in [-0.39, 0.29) is 29.8 Å². The maximum Gasteiger partial charge on any atom is 0.352 e. The van der Waals surface area contributed by atoms with E-state index in [2.05, 4.69) is 30.0 Å². The molecule has 0 aliphatic carbocycles. The molecule has 0 aromatic carbocycles. The molecule has 15 heteroatoms. The molecule has 180 valence electrons. The van der Waals surface area contributed by atoms with Crippen LogP contribution in [0, 0.1) is 0 Å². The third-order valence-electron chi connectivity index (χ3n) is 5.45. The first-order chi connectivity index (χ1) is 16.9. The van der Waals surface area contributed by atoms with Gasteiger partial charge in [0.15, 0.2) is 18.3 Å². The van der Waals surface area contributed by atoms with Gasteiger partial charge in [0.25, 0.3) is 17.3 Å². The van der Waals surface area contributed by atoms with Crippen LogP contribution in [0.5, 0.6) is 0 Å². The lowest BCUT2D eigenvalue weighted by Crippen LogP contribution is -2.71. The summed E-state index contributed by atoms with van der Waals surface area (Å²) in [7, 11) is 1.22. The molecule has 1 saturated heterocycles. The zero-order chi connectivity index (χ0) is 24.7. The molecule has 2 atom stereocenters. The molecule has 2 aliphatic rings. The largest absolute Gasteiger partial charge is 0.477 e. The van der Waals surface area contributed by atoms with Crippen molar-refractivity contribution in [2.45, 2.75) is 18.0 Å². The molecule has 3 aromatic rings. The van der Waals surface area contributed by atoms with E-state index in [1.807, 2.05) is 10.8 Å². The third kappa shape index (κ3) is 3.84. The summed E-state index contributed by atoms with van der Waals surface area (Å²) in [6, 6.07) is 4.12. The minimum Gasteiger partial charge on any atom is -0.477 e. The number of nitrogens with one attached hydrogen (secondary N) is 1. The van der Waals surface area contributed by atoms with Gasteiger partial charge in [-0.1, -0.05) is 10.3 Å². The van der Waals surface area contributed by atoms with Crippen LogP contribution in [0.4, 0.5) is 6.01 Å².